The fourth-order valence-electron chi connectivity index (χ4n) is 1.90. The van der Waals surface area contributed by atoms with E-state index in [1.54, 1.807) is 12.1 Å². The number of rotatable bonds is 3. The van der Waals surface area contributed by atoms with E-state index in [0.717, 1.165) is 5.69 Å². The van der Waals surface area contributed by atoms with Gasteiger partial charge in [0.05, 0.1) is 12.2 Å². The van der Waals surface area contributed by atoms with E-state index in [1.165, 1.54) is 11.9 Å². The van der Waals surface area contributed by atoms with Crippen LogP contribution in [-0.2, 0) is 6.54 Å². The summed E-state index contributed by atoms with van der Waals surface area (Å²) in [7, 11) is 1.48. The molecule has 2 rings (SSSR count). The first-order chi connectivity index (χ1) is 9.88. The lowest BCUT2D eigenvalue weighted by atomic mass is 10.1. The Labute approximate surface area is 120 Å². The van der Waals surface area contributed by atoms with Crippen molar-refractivity contribution in [3.63, 3.8) is 0 Å². The minimum Gasteiger partial charge on any atom is -0.336 e. The van der Waals surface area contributed by atoms with Gasteiger partial charge in [0, 0.05) is 18.3 Å². The number of benzene rings is 1. The van der Waals surface area contributed by atoms with Gasteiger partial charge in [-0.2, -0.15) is 0 Å². The van der Waals surface area contributed by atoms with Crippen molar-refractivity contribution < 1.29 is 18.0 Å². The van der Waals surface area contributed by atoms with Crippen LogP contribution < -0.4 is 0 Å². The Kier molecular flexibility index (Phi) is 4.26. The van der Waals surface area contributed by atoms with E-state index in [1.807, 2.05) is 13.0 Å². The van der Waals surface area contributed by atoms with E-state index in [-0.39, 0.29) is 12.1 Å². The van der Waals surface area contributed by atoms with E-state index in [2.05, 4.69) is 4.98 Å². The molecule has 0 aliphatic carbocycles. The van der Waals surface area contributed by atoms with Crippen molar-refractivity contribution in [3.05, 3.63) is 64.7 Å². The minimum atomic E-state index is -1.59. The molecule has 2 aromatic rings. The second-order valence-corrected chi connectivity index (χ2v) is 4.69. The smallest absolute Gasteiger partial charge is 0.254 e. The van der Waals surface area contributed by atoms with Gasteiger partial charge < -0.3 is 4.90 Å². The Morgan fingerprint density at radius 3 is 2.38 bits per heavy atom. The van der Waals surface area contributed by atoms with Crippen molar-refractivity contribution >= 4 is 5.91 Å². The molecule has 0 fully saturated rings. The number of hydrogen-bond acceptors (Lipinski definition) is 2. The van der Waals surface area contributed by atoms with Crippen LogP contribution in [0.1, 0.15) is 21.7 Å². The lowest BCUT2D eigenvalue weighted by Crippen LogP contribution is -2.27. The number of pyridine rings is 1. The molecular formula is C15H13F3N2O. The van der Waals surface area contributed by atoms with Crippen LogP contribution in [0.15, 0.2) is 30.3 Å². The van der Waals surface area contributed by atoms with Gasteiger partial charge in [-0.1, -0.05) is 6.07 Å². The molecule has 0 saturated heterocycles. The molecule has 0 aliphatic rings. The van der Waals surface area contributed by atoms with Gasteiger partial charge in [0.15, 0.2) is 17.5 Å². The molecule has 21 heavy (non-hydrogen) atoms. The monoisotopic (exact) mass is 294 g/mol. The van der Waals surface area contributed by atoms with E-state index in [0.29, 0.717) is 17.8 Å². The normalized spacial score (nSPS) is 10.5. The van der Waals surface area contributed by atoms with Crippen LogP contribution in [0, 0.1) is 24.4 Å². The Hall–Kier alpha value is -2.37. The average molecular weight is 294 g/mol. The van der Waals surface area contributed by atoms with Crippen LogP contribution in [0.2, 0.25) is 0 Å². The first kappa shape index (κ1) is 15.0. The van der Waals surface area contributed by atoms with Gasteiger partial charge in [0.2, 0.25) is 0 Å². The van der Waals surface area contributed by atoms with Gasteiger partial charge >= 0.3 is 0 Å². The molecule has 0 bridgehead atoms. The second kappa shape index (κ2) is 5.95. The minimum absolute atomic E-state index is 0.182. The third kappa shape index (κ3) is 3.39. The molecule has 1 aromatic carbocycles. The summed E-state index contributed by atoms with van der Waals surface area (Å²) in [5.41, 5.74) is 1.20. The van der Waals surface area contributed by atoms with Crippen molar-refractivity contribution in [2.45, 2.75) is 13.5 Å². The molecule has 0 radical (unpaired) electrons. The Morgan fingerprint density at radius 2 is 1.81 bits per heavy atom. The molecular weight excluding hydrogens is 281 g/mol. The lowest BCUT2D eigenvalue weighted by Gasteiger charge is -2.17. The summed E-state index contributed by atoms with van der Waals surface area (Å²) in [4.78, 5) is 17.6. The van der Waals surface area contributed by atoms with Gasteiger partial charge in [-0.05, 0) is 31.2 Å². The molecule has 0 aliphatic heterocycles. The maximum atomic E-state index is 13.1. The van der Waals surface area contributed by atoms with Crippen molar-refractivity contribution in [3.8, 4) is 0 Å². The van der Waals surface area contributed by atoms with Crippen LogP contribution >= 0.6 is 0 Å². The number of amides is 1. The maximum absolute atomic E-state index is 13.1. The predicted molar refractivity (Wildman–Crippen MR) is 71.1 cm³/mol. The molecule has 3 nitrogen and oxygen atoms in total. The zero-order valence-electron chi connectivity index (χ0n) is 11.5. The van der Waals surface area contributed by atoms with Crippen molar-refractivity contribution in [2.24, 2.45) is 0 Å². The molecule has 1 heterocycles. The summed E-state index contributed by atoms with van der Waals surface area (Å²) in [6, 6.07) is 6.72. The number of nitrogens with zero attached hydrogens (tertiary/aromatic N) is 2. The maximum Gasteiger partial charge on any atom is 0.254 e. The summed E-state index contributed by atoms with van der Waals surface area (Å²) in [5, 5.41) is 0. The van der Waals surface area contributed by atoms with Crippen LogP contribution in [-0.4, -0.2) is 22.8 Å². The SMILES string of the molecule is Cc1cccc(CN(C)C(=O)c2cc(F)c(F)c(F)c2)n1. The molecule has 0 atom stereocenters. The highest BCUT2D eigenvalue weighted by atomic mass is 19.2. The standard InChI is InChI=1S/C15H13F3N2O/c1-9-4-3-5-11(19-9)8-20(2)15(21)10-6-12(16)14(18)13(17)7-10/h3-7H,8H2,1-2H3. The number of aryl methyl sites for hydroxylation is 1. The summed E-state index contributed by atoms with van der Waals surface area (Å²) in [5.74, 6) is -4.98. The number of halogens is 3. The Morgan fingerprint density at radius 1 is 1.19 bits per heavy atom. The zero-order valence-corrected chi connectivity index (χ0v) is 11.5. The zero-order chi connectivity index (χ0) is 15.6. The highest BCUT2D eigenvalue weighted by Crippen LogP contribution is 2.15. The second-order valence-electron chi connectivity index (χ2n) is 4.69. The predicted octanol–water partition coefficient (Wildman–Crippen LogP) is 3.08. The van der Waals surface area contributed by atoms with Crippen molar-refractivity contribution in [1.82, 2.24) is 9.88 Å². The number of hydrogen-bond donors (Lipinski definition) is 0. The third-order valence-electron chi connectivity index (χ3n) is 2.92. The largest absolute Gasteiger partial charge is 0.336 e. The molecule has 0 spiro atoms. The molecule has 0 saturated carbocycles. The highest BCUT2D eigenvalue weighted by molar-refractivity contribution is 5.94. The van der Waals surface area contributed by atoms with Crippen LogP contribution in [0.3, 0.4) is 0 Å². The molecule has 1 aromatic heterocycles. The van der Waals surface area contributed by atoms with Gasteiger partial charge in [0.25, 0.3) is 5.91 Å². The van der Waals surface area contributed by atoms with Crippen molar-refractivity contribution in [1.29, 1.82) is 0 Å². The number of carbonyl (C=O) groups is 1. The van der Waals surface area contributed by atoms with Gasteiger partial charge in [-0.3, -0.25) is 9.78 Å². The summed E-state index contributed by atoms with van der Waals surface area (Å²) >= 11 is 0. The van der Waals surface area contributed by atoms with Crippen molar-refractivity contribution in [2.75, 3.05) is 7.05 Å². The molecule has 6 heteroatoms. The van der Waals surface area contributed by atoms with Gasteiger partial charge in [-0.15, -0.1) is 0 Å². The summed E-state index contributed by atoms with van der Waals surface area (Å²) in [6.07, 6.45) is 0. The van der Waals surface area contributed by atoms with Crippen LogP contribution in [0.4, 0.5) is 13.2 Å². The number of carbonyl (C=O) groups excluding carboxylic acids is 1. The molecule has 110 valence electrons. The third-order valence-corrected chi connectivity index (χ3v) is 2.92. The quantitative estimate of drug-likeness (QED) is 0.815. The van der Waals surface area contributed by atoms with Crippen LogP contribution in [0.25, 0.3) is 0 Å². The molecule has 1 amide bonds. The van der Waals surface area contributed by atoms with Gasteiger partial charge in [-0.25, -0.2) is 13.2 Å². The van der Waals surface area contributed by atoms with E-state index in [9.17, 15) is 18.0 Å². The van der Waals surface area contributed by atoms with Crippen LogP contribution in [0.5, 0.6) is 0 Å². The number of aromatic nitrogens is 1. The topological polar surface area (TPSA) is 33.2 Å². The fraction of sp³-hybridized carbons (Fsp3) is 0.200. The van der Waals surface area contributed by atoms with E-state index in [4.69, 9.17) is 0 Å². The average Bonchev–Trinajstić information content (AvgIpc) is 2.43. The summed E-state index contributed by atoms with van der Waals surface area (Å²) in [6.45, 7) is 2.00. The Balaban J connectivity index is 2.20. The van der Waals surface area contributed by atoms with E-state index >= 15 is 0 Å². The summed E-state index contributed by atoms with van der Waals surface area (Å²) < 4.78 is 39.2. The first-order valence-corrected chi connectivity index (χ1v) is 6.21. The lowest BCUT2D eigenvalue weighted by molar-refractivity contribution is 0.0782. The van der Waals surface area contributed by atoms with E-state index < -0.39 is 23.4 Å². The fourth-order valence-corrected chi connectivity index (χ4v) is 1.90. The van der Waals surface area contributed by atoms with Gasteiger partial charge in [0.1, 0.15) is 0 Å². The molecule has 0 unspecified atom stereocenters. The Bertz CT molecular complexity index is 665. The molecule has 0 N–H and O–H groups in total. The first-order valence-electron chi connectivity index (χ1n) is 6.21. The highest BCUT2D eigenvalue weighted by Gasteiger charge is 2.18.